The van der Waals surface area contributed by atoms with Crippen LogP contribution in [0, 0.1) is 6.92 Å². The van der Waals surface area contributed by atoms with Crippen molar-refractivity contribution in [1.29, 1.82) is 0 Å². The third kappa shape index (κ3) is 4.49. The van der Waals surface area contributed by atoms with Crippen molar-refractivity contribution >= 4 is 43.2 Å². The van der Waals surface area contributed by atoms with Crippen molar-refractivity contribution in [3.63, 3.8) is 0 Å². The molecule has 0 fully saturated rings. The minimum Gasteiger partial charge on any atom is -0.317 e. The first-order chi connectivity index (χ1) is 15.8. The second kappa shape index (κ2) is 9.33. The molecule has 0 radical (unpaired) electrons. The van der Waals surface area contributed by atoms with E-state index in [0.29, 0.717) is 29.1 Å². The molecule has 0 saturated carbocycles. The Morgan fingerprint density at radius 3 is 2.33 bits per heavy atom. The highest BCUT2D eigenvalue weighted by molar-refractivity contribution is 7.92. The van der Waals surface area contributed by atoms with Gasteiger partial charge in [0.15, 0.2) is 4.80 Å². The molecule has 0 spiro atoms. The quantitative estimate of drug-likeness (QED) is 0.391. The Bertz CT molecular complexity index is 1470. The number of amides is 1. The summed E-state index contributed by atoms with van der Waals surface area (Å²) in [7, 11) is -3.75. The van der Waals surface area contributed by atoms with Crippen molar-refractivity contribution in [2.45, 2.75) is 32.2 Å². The van der Waals surface area contributed by atoms with Gasteiger partial charge >= 0.3 is 0 Å². The highest BCUT2D eigenvalue weighted by Crippen LogP contribution is 2.24. The maximum absolute atomic E-state index is 13.2. The van der Waals surface area contributed by atoms with E-state index in [4.69, 9.17) is 0 Å². The van der Waals surface area contributed by atoms with Crippen LogP contribution in [-0.4, -0.2) is 25.4 Å². The molecular formula is C25H25N3O3S2. The van der Waals surface area contributed by atoms with E-state index in [-0.39, 0.29) is 4.90 Å². The Balaban J connectivity index is 1.66. The summed E-state index contributed by atoms with van der Waals surface area (Å²) in [6.45, 7) is 6.83. The third-order valence-electron chi connectivity index (χ3n) is 5.37. The average molecular weight is 480 g/mol. The van der Waals surface area contributed by atoms with Gasteiger partial charge in [0, 0.05) is 18.7 Å². The molecule has 0 atom stereocenters. The molecule has 0 aliphatic rings. The van der Waals surface area contributed by atoms with Crippen LogP contribution in [0.5, 0.6) is 0 Å². The van der Waals surface area contributed by atoms with Gasteiger partial charge in [-0.1, -0.05) is 35.6 Å². The van der Waals surface area contributed by atoms with Crippen LogP contribution in [0.15, 0.2) is 82.7 Å². The lowest BCUT2D eigenvalue weighted by Crippen LogP contribution is -2.30. The van der Waals surface area contributed by atoms with Crippen molar-refractivity contribution in [3.8, 4) is 0 Å². The molecule has 170 valence electrons. The summed E-state index contributed by atoms with van der Waals surface area (Å²) in [5.41, 5.74) is 3.13. The summed E-state index contributed by atoms with van der Waals surface area (Å²) in [4.78, 5) is 18.0. The summed E-state index contributed by atoms with van der Waals surface area (Å²) in [6, 6.07) is 21.1. The maximum atomic E-state index is 13.2. The smallest absolute Gasteiger partial charge is 0.279 e. The molecule has 0 aliphatic heterocycles. The summed E-state index contributed by atoms with van der Waals surface area (Å²) >= 11 is 1.47. The van der Waals surface area contributed by atoms with Crippen molar-refractivity contribution in [3.05, 3.63) is 88.7 Å². The van der Waals surface area contributed by atoms with Crippen LogP contribution in [0.1, 0.15) is 29.8 Å². The normalized spacial score (nSPS) is 12.3. The Kier molecular flexibility index (Phi) is 6.49. The third-order valence-corrected chi connectivity index (χ3v) is 8.33. The van der Waals surface area contributed by atoms with Crippen LogP contribution >= 0.6 is 11.3 Å². The number of sulfonamides is 1. The van der Waals surface area contributed by atoms with Gasteiger partial charge < -0.3 is 4.57 Å². The standard InChI is InChI=1S/C25H25N3O3S2/c1-4-27-22-16-11-18(3)17-23(22)32-25(27)26-24(29)19-12-14-21(15-13-19)33(30,31)28(5-2)20-9-7-6-8-10-20/h6-17H,4-5H2,1-3H3. The number of para-hydroxylation sites is 1. The number of rotatable bonds is 6. The van der Waals surface area contributed by atoms with E-state index in [2.05, 4.69) is 11.1 Å². The van der Waals surface area contributed by atoms with Crippen LogP contribution in [0.4, 0.5) is 5.69 Å². The largest absolute Gasteiger partial charge is 0.317 e. The fraction of sp³-hybridized carbons (Fsp3) is 0.200. The summed E-state index contributed by atoms with van der Waals surface area (Å²) in [6.07, 6.45) is 0. The molecule has 0 saturated heterocycles. The molecule has 0 N–H and O–H groups in total. The Morgan fingerprint density at radius 1 is 1.00 bits per heavy atom. The molecule has 0 unspecified atom stereocenters. The first kappa shape index (κ1) is 22.9. The second-order valence-corrected chi connectivity index (χ2v) is 10.4. The van der Waals surface area contributed by atoms with Gasteiger partial charge in [-0.05, 0) is 74.9 Å². The van der Waals surface area contributed by atoms with Crippen molar-refractivity contribution in [2.24, 2.45) is 4.99 Å². The highest BCUT2D eigenvalue weighted by atomic mass is 32.2. The Labute approximate surface area is 197 Å². The molecule has 0 bridgehead atoms. The molecule has 3 aromatic carbocycles. The predicted molar refractivity (Wildman–Crippen MR) is 133 cm³/mol. The fourth-order valence-electron chi connectivity index (χ4n) is 3.71. The lowest BCUT2D eigenvalue weighted by molar-refractivity contribution is 0.0997. The molecule has 8 heteroatoms. The number of aromatic nitrogens is 1. The van der Waals surface area contributed by atoms with E-state index in [1.165, 1.54) is 39.9 Å². The van der Waals surface area contributed by atoms with E-state index >= 15 is 0 Å². The van der Waals surface area contributed by atoms with E-state index in [1.807, 2.05) is 36.6 Å². The van der Waals surface area contributed by atoms with Gasteiger partial charge in [-0.3, -0.25) is 9.10 Å². The van der Waals surface area contributed by atoms with E-state index in [0.717, 1.165) is 15.8 Å². The number of thiazole rings is 1. The zero-order chi connectivity index (χ0) is 23.6. The number of fused-ring (bicyclic) bond motifs is 1. The SMILES string of the molecule is CCN(c1ccccc1)S(=O)(=O)c1ccc(C(=O)N=c2sc3cc(C)ccc3n2CC)cc1. The molecule has 0 aliphatic carbocycles. The summed E-state index contributed by atoms with van der Waals surface area (Å²) in [5, 5.41) is 0. The number of hydrogen-bond donors (Lipinski definition) is 0. The van der Waals surface area contributed by atoms with Gasteiger partial charge in [0.2, 0.25) is 0 Å². The first-order valence-electron chi connectivity index (χ1n) is 10.7. The zero-order valence-electron chi connectivity index (χ0n) is 18.7. The fourth-order valence-corrected chi connectivity index (χ4v) is 6.37. The Morgan fingerprint density at radius 2 is 1.70 bits per heavy atom. The van der Waals surface area contributed by atoms with Crippen molar-refractivity contribution in [1.82, 2.24) is 4.57 Å². The van der Waals surface area contributed by atoms with Crippen LogP contribution in [0.25, 0.3) is 10.2 Å². The highest BCUT2D eigenvalue weighted by Gasteiger charge is 2.23. The van der Waals surface area contributed by atoms with Crippen molar-refractivity contribution < 1.29 is 13.2 Å². The van der Waals surface area contributed by atoms with Crippen LogP contribution in [0.3, 0.4) is 0 Å². The molecule has 4 aromatic rings. The van der Waals surface area contributed by atoms with Crippen LogP contribution in [0.2, 0.25) is 0 Å². The van der Waals surface area contributed by atoms with E-state index in [9.17, 15) is 13.2 Å². The van der Waals surface area contributed by atoms with Gasteiger partial charge in [0.25, 0.3) is 15.9 Å². The van der Waals surface area contributed by atoms with Gasteiger partial charge in [-0.25, -0.2) is 8.42 Å². The van der Waals surface area contributed by atoms with Gasteiger partial charge in [-0.15, -0.1) is 0 Å². The van der Waals surface area contributed by atoms with Crippen molar-refractivity contribution in [2.75, 3.05) is 10.8 Å². The lowest BCUT2D eigenvalue weighted by atomic mass is 10.2. The van der Waals surface area contributed by atoms with Gasteiger partial charge in [0.05, 0.1) is 20.8 Å². The molecule has 1 amide bonds. The minimum absolute atomic E-state index is 0.130. The number of carbonyl (C=O) groups is 1. The molecule has 6 nitrogen and oxygen atoms in total. The number of anilines is 1. The zero-order valence-corrected chi connectivity index (χ0v) is 20.4. The number of aryl methyl sites for hydroxylation is 2. The van der Waals surface area contributed by atoms with Crippen LogP contribution in [-0.2, 0) is 16.6 Å². The molecule has 33 heavy (non-hydrogen) atoms. The number of hydrogen-bond acceptors (Lipinski definition) is 4. The monoisotopic (exact) mass is 479 g/mol. The minimum atomic E-state index is -3.75. The van der Waals surface area contributed by atoms with E-state index < -0.39 is 15.9 Å². The second-order valence-electron chi connectivity index (χ2n) is 7.55. The number of benzene rings is 3. The lowest BCUT2D eigenvalue weighted by Gasteiger charge is -2.22. The number of carbonyl (C=O) groups excluding carboxylic acids is 1. The molecule has 1 heterocycles. The van der Waals surface area contributed by atoms with E-state index in [1.54, 1.807) is 31.2 Å². The van der Waals surface area contributed by atoms with Gasteiger partial charge in [-0.2, -0.15) is 4.99 Å². The Hall–Kier alpha value is -3.23. The summed E-state index contributed by atoms with van der Waals surface area (Å²) < 4.78 is 30.8. The average Bonchev–Trinajstić information content (AvgIpc) is 3.16. The summed E-state index contributed by atoms with van der Waals surface area (Å²) in [5.74, 6) is -0.403. The van der Waals surface area contributed by atoms with Gasteiger partial charge in [0.1, 0.15) is 0 Å². The molecular weight excluding hydrogens is 454 g/mol. The first-order valence-corrected chi connectivity index (χ1v) is 13.0. The molecule has 1 aromatic heterocycles. The topological polar surface area (TPSA) is 71.7 Å². The predicted octanol–water partition coefficient (Wildman–Crippen LogP) is 4.99. The van der Waals surface area contributed by atoms with Crippen LogP contribution < -0.4 is 9.11 Å². The molecule has 4 rings (SSSR count). The maximum Gasteiger partial charge on any atom is 0.279 e. The number of nitrogens with zero attached hydrogens (tertiary/aromatic N) is 3.